The van der Waals surface area contributed by atoms with E-state index in [2.05, 4.69) is 33.8 Å². The largest absolute Gasteiger partial charge is 0.383 e. The first-order valence-corrected chi connectivity index (χ1v) is 14.4. The molecule has 2 heterocycles. The molecule has 1 fully saturated rings. The highest BCUT2D eigenvalue weighted by Crippen LogP contribution is 2.32. The maximum absolute atomic E-state index is 11.6. The summed E-state index contributed by atoms with van der Waals surface area (Å²) < 4.78 is 25.9. The lowest BCUT2D eigenvalue weighted by atomic mass is 10.0. The van der Waals surface area contributed by atoms with Crippen molar-refractivity contribution in [2.75, 3.05) is 51.9 Å². The smallest absolute Gasteiger partial charge is 0.208 e. The minimum Gasteiger partial charge on any atom is -0.383 e. The van der Waals surface area contributed by atoms with Gasteiger partial charge < -0.3 is 9.80 Å². The van der Waals surface area contributed by atoms with Gasteiger partial charge in [-0.25, -0.2) is 23.1 Å². The fraction of sp³-hybridized carbons (Fsp3) is 0.345. The van der Waals surface area contributed by atoms with Gasteiger partial charge in [-0.2, -0.15) is 0 Å². The molecule has 1 aliphatic rings. The third kappa shape index (κ3) is 7.97. The maximum Gasteiger partial charge on any atom is 0.208 e. The van der Waals surface area contributed by atoms with Crippen LogP contribution in [0.15, 0.2) is 72.5 Å². The Bertz CT molecular complexity index is 1380. The molecule has 0 amide bonds. The Labute approximate surface area is 227 Å². The topological polar surface area (TPSA) is 90.8 Å². The van der Waals surface area contributed by atoms with Gasteiger partial charge in [0.1, 0.15) is 5.82 Å². The zero-order chi connectivity index (χ0) is 27.9. The fourth-order valence-electron chi connectivity index (χ4n) is 4.37. The predicted molar refractivity (Wildman–Crippen MR) is 160 cm³/mol. The van der Waals surface area contributed by atoms with E-state index in [4.69, 9.17) is 9.97 Å². The van der Waals surface area contributed by atoms with E-state index in [1.807, 2.05) is 68.7 Å². The van der Waals surface area contributed by atoms with Crippen molar-refractivity contribution < 1.29 is 8.42 Å². The van der Waals surface area contributed by atoms with Gasteiger partial charge in [0.15, 0.2) is 5.82 Å². The quantitative estimate of drug-likeness (QED) is 0.342. The van der Waals surface area contributed by atoms with Gasteiger partial charge in [-0.3, -0.25) is 4.99 Å². The third-order valence-electron chi connectivity index (χ3n) is 6.04. The molecule has 1 aromatic carbocycles. The number of sulfonamides is 1. The molecule has 9 heteroatoms. The molecule has 0 bridgehead atoms. The standard InChI is InChI=1S/C29H38N6O2S/c1-8-23(20-34(5)6)24-10-9-11-25(15-24)28-31-18-27(26(17-30-4)14-21(2)3)29(33-28)35-13-12-22(19-35)16-32-38(7,36)37/h8-11,14-15,17-18,20,22,32H,1-2,12-13,16,19H2,3-7H3/b23-20+,26-14+,30-17?. The molecule has 0 aliphatic carbocycles. The summed E-state index contributed by atoms with van der Waals surface area (Å²) in [4.78, 5) is 18.2. The second kappa shape index (κ2) is 12.8. The van der Waals surface area contributed by atoms with Gasteiger partial charge in [-0.1, -0.05) is 49.1 Å². The number of rotatable bonds is 11. The van der Waals surface area contributed by atoms with Gasteiger partial charge in [-0.05, 0) is 36.5 Å². The van der Waals surface area contributed by atoms with Gasteiger partial charge in [0.05, 0.1) is 6.26 Å². The Kier molecular flexibility index (Phi) is 9.77. The number of allylic oxidation sites excluding steroid dienone is 5. The summed E-state index contributed by atoms with van der Waals surface area (Å²) in [5, 5.41) is 0. The summed E-state index contributed by atoms with van der Waals surface area (Å²) >= 11 is 0. The molecule has 0 spiro atoms. The first kappa shape index (κ1) is 29.0. The number of hydrogen-bond acceptors (Lipinski definition) is 7. The van der Waals surface area contributed by atoms with Crippen molar-refractivity contribution in [3.63, 3.8) is 0 Å². The Morgan fingerprint density at radius 2 is 2.08 bits per heavy atom. The molecule has 0 radical (unpaired) electrons. The molecule has 0 saturated carbocycles. The molecule has 1 saturated heterocycles. The summed E-state index contributed by atoms with van der Waals surface area (Å²) in [5.41, 5.74) is 5.54. The van der Waals surface area contributed by atoms with Crippen LogP contribution in [-0.4, -0.2) is 76.5 Å². The van der Waals surface area contributed by atoms with Crippen molar-refractivity contribution in [3.8, 4) is 11.4 Å². The van der Waals surface area contributed by atoms with Crippen molar-refractivity contribution in [1.29, 1.82) is 0 Å². The minimum absolute atomic E-state index is 0.180. The first-order valence-electron chi connectivity index (χ1n) is 12.5. The second-order valence-corrected chi connectivity index (χ2v) is 11.7. The number of hydrogen-bond donors (Lipinski definition) is 1. The van der Waals surface area contributed by atoms with Crippen LogP contribution in [0.4, 0.5) is 5.82 Å². The molecule has 1 aliphatic heterocycles. The number of benzene rings is 1. The van der Waals surface area contributed by atoms with Gasteiger partial charge in [0, 0.05) is 76.1 Å². The highest BCUT2D eigenvalue weighted by atomic mass is 32.2. The summed E-state index contributed by atoms with van der Waals surface area (Å²) in [5.74, 6) is 1.58. The minimum atomic E-state index is -3.24. The van der Waals surface area contributed by atoms with Crippen LogP contribution in [0.3, 0.4) is 0 Å². The zero-order valence-corrected chi connectivity index (χ0v) is 23.8. The van der Waals surface area contributed by atoms with Crippen LogP contribution >= 0.6 is 0 Å². The van der Waals surface area contributed by atoms with Crippen molar-refractivity contribution in [1.82, 2.24) is 19.6 Å². The lowest BCUT2D eigenvalue weighted by Crippen LogP contribution is -2.30. The monoisotopic (exact) mass is 534 g/mol. The molecular formula is C29H38N6O2S. The van der Waals surface area contributed by atoms with E-state index < -0.39 is 10.0 Å². The molecule has 38 heavy (non-hydrogen) atoms. The average molecular weight is 535 g/mol. The Hall–Kier alpha value is -3.56. The van der Waals surface area contributed by atoms with Crippen molar-refractivity contribution >= 4 is 33.2 Å². The second-order valence-electron chi connectivity index (χ2n) is 9.82. The van der Waals surface area contributed by atoms with Gasteiger partial charge in [0.2, 0.25) is 10.0 Å². The van der Waals surface area contributed by atoms with Crippen LogP contribution in [0.2, 0.25) is 0 Å². The number of nitrogens with zero attached hydrogens (tertiary/aromatic N) is 5. The number of nitrogens with one attached hydrogen (secondary N) is 1. The van der Waals surface area contributed by atoms with Gasteiger partial charge >= 0.3 is 0 Å². The fourth-order valence-corrected chi connectivity index (χ4v) is 4.91. The van der Waals surface area contributed by atoms with Crippen LogP contribution in [-0.2, 0) is 10.0 Å². The molecule has 1 aromatic heterocycles. The van der Waals surface area contributed by atoms with Crippen LogP contribution in [0.25, 0.3) is 22.5 Å². The molecule has 3 rings (SSSR count). The van der Waals surface area contributed by atoms with Crippen molar-refractivity contribution in [2.24, 2.45) is 10.9 Å². The Balaban J connectivity index is 2.07. The van der Waals surface area contributed by atoms with E-state index in [0.717, 1.165) is 52.2 Å². The van der Waals surface area contributed by atoms with Crippen molar-refractivity contribution in [2.45, 2.75) is 13.3 Å². The molecule has 1 unspecified atom stereocenters. The summed E-state index contributed by atoms with van der Waals surface area (Å²) in [6, 6.07) is 8.10. The van der Waals surface area contributed by atoms with Crippen LogP contribution in [0.1, 0.15) is 24.5 Å². The van der Waals surface area contributed by atoms with E-state index in [0.29, 0.717) is 18.9 Å². The summed E-state index contributed by atoms with van der Waals surface area (Å²) in [7, 11) is 2.44. The number of anilines is 1. The van der Waals surface area contributed by atoms with E-state index in [9.17, 15) is 8.42 Å². The Morgan fingerprint density at radius 3 is 2.71 bits per heavy atom. The zero-order valence-electron chi connectivity index (χ0n) is 23.0. The molecule has 2 aromatic rings. The van der Waals surface area contributed by atoms with E-state index in [1.54, 1.807) is 13.3 Å². The maximum atomic E-state index is 11.6. The number of aromatic nitrogens is 2. The molecular weight excluding hydrogens is 496 g/mol. The van der Waals surface area contributed by atoms with E-state index in [1.165, 1.54) is 6.26 Å². The molecule has 202 valence electrons. The third-order valence-corrected chi connectivity index (χ3v) is 6.73. The van der Waals surface area contributed by atoms with Gasteiger partial charge in [-0.15, -0.1) is 0 Å². The summed E-state index contributed by atoms with van der Waals surface area (Å²) in [6.07, 6.45) is 11.5. The highest BCUT2D eigenvalue weighted by Gasteiger charge is 2.27. The predicted octanol–water partition coefficient (Wildman–Crippen LogP) is 4.27. The van der Waals surface area contributed by atoms with E-state index in [-0.39, 0.29) is 5.92 Å². The molecule has 1 atom stereocenters. The lowest BCUT2D eigenvalue weighted by Gasteiger charge is -2.22. The molecule has 8 nitrogen and oxygen atoms in total. The average Bonchev–Trinajstić information content (AvgIpc) is 3.34. The lowest BCUT2D eigenvalue weighted by molar-refractivity contribution is 0.545. The Morgan fingerprint density at radius 1 is 1.32 bits per heavy atom. The SMILES string of the molecule is C=C/C(=C\N(C)C)c1cccc(-c2ncc(/C(C=NC)=C/C(=C)C)c(N3CCC(CNS(C)(=O)=O)C3)n2)c1. The van der Waals surface area contributed by atoms with Crippen LogP contribution in [0.5, 0.6) is 0 Å². The van der Waals surface area contributed by atoms with Crippen molar-refractivity contribution in [3.05, 3.63) is 78.7 Å². The number of aliphatic imine (C=N–C) groups is 1. The van der Waals surface area contributed by atoms with Gasteiger partial charge in [0.25, 0.3) is 0 Å². The van der Waals surface area contributed by atoms with Crippen LogP contribution < -0.4 is 9.62 Å². The van der Waals surface area contributed by atoms with E-state index >= 15 is 0 Å². The molecule has 1 N–H and O–H groups in total. The summed E-state index contributed by atoms with van der Waals surface area (Å²) in [6.45, 7) is 11.8. The van der Waals surface area contributed by atoms with Crippen LogP contribution in [0, 0.1) is 5.92 Å². The normalized spacial score (nSPS) is 16.8. The highest BCUT2D eigenvalue weighted by molar-refractivity contribution is 7.88. The first-order chi connectivity index (χ1) is 18.0.